The van der Waals surface area contributed by atoms with Gasteiger partial charge in [-0.3, -0.25) is 14.8 Å². The van der Waals surface area contributed by atoms with E-state index in [1.54, 1.807) is 12.1 Å². The zero-order valence-electron chi connectivity index (χ0n) is 16.0. The number of morpholine rings is 1. The van der Waals surface area contributed by atoms with Gasteiger partial charge in [0.1, 0.15) is 5.69 Å². The fraction of sp³-hybridized carbons (Fsp3) is 0.273. The van der Waals surface area contributed by atoms with E-state index in [0.29, 0.717) is 36.2 Å². The van der Waals surface area contributed by atoms with Crippen LogP contribution in [0, 0.1) is 0 Å². The van der Waals surface area contributed by atoms with Gasteiger partial charge in [-0.1, -0.05) is 60.1 Å². The summed E-state index contributed by atoms with van der Waals surface area (Å²) in [4.78, 5) is 15.1. The summed E-state index contributed by atoms with van der Waals surface area (Å²) < 4.78 is 5.48. The van der Waals surface area contributed by atoms with Crippen LogP contribution in [-0.4, -0.2) is 53.9 Å². The van der Waals surface area contributed by atoms with Crippen LogP contribution in [0.3, 0.4) is 0 Å². The number of nitrogens with zero attached hydrogens (tertiary/aromatic N) is 2. The fourth-order valence-electron chi connectivity index (χ4n) is 3.55. The van der Waals surface area contributed by atoms with Crippen molar-refractivity contribution in [2.45, 2.75) is 6.04 Å². The quantitative estimate of drug-likeness (QED) is 0.652. The lowest BCUT2D eigenvalue weighted by Crippen LogP contribution is -2.43. The zero-order valence-corrected chi connectivity index (χ0v) is 16.7. The Bertz CT molecular complexity index is 954. The molecule has 4 rings (SSSR count). The van der Waals surface area contributed by atoms with Gasteiger partial charge in [0, 0.05) is 25.2 Å². The molecule has 29 heavy (non-hydrogen) atoms. The minimum Gasteiger partial charge on any atom is -0.379 e. The summed E-state index contributed by atoms with van der Waals surface area (Å²) in [6.07, 6.45) is 0. The van der Waals surface area contributed by atoms with Crippen LogP contribution in [0.1, 0.15) is 22.1 Å². The minimum absolute atomic E-state index is 0.0926. The number of aromatic nitrogens is 2. The van der Waals surface area contributed by atoms with Crippen molar-refractivity contribution < 1.29 is 9.53 Å². The van der Waals surface area contributed by atoms with E-state index >= 15 is 0 Å². The molecular weight excluding hydrogens is 388 g/mol. The number of nitrogens with one attached hydrogen (secondary N) is 2. The van der Waals surface area contributed by atoms with Crippen LogP contribution in [0.15, 0.2) is 60.7 Å². The summed E-state index contributed by atoms with van der Waals surface area (Å²) in [7, 11) is 0. The third-order valence-corrected chi connectivity index (χ3v) is 5.43. The standard InChI is InChI=1S/C22H23ClN4O2/c23-18-9-5-4-8-17(18)19-14-20(26-25-19)22(28)24-15-21(16-6-2-1-3-7-16)27-10-12-29-13-11-27/h1-9,14,21H,10-13,15H2,(H,24,28)(H,25,26). The van der Waals surface area contributed by atoms with Crippen LogP contribution < -0.4 is 5.32 Å². The monoisotopic (exact) mass is 410 g/mol. The summed E-state index contributed by atoms with van der Waals surface area (Å²) in [5.41, 5.74) is 3.03. The molecule has 1 unspecified atom stereocenters. The molecule has 150 valence electrons. The van der Waals surface area contributed by atoms with E-state index in [2.05, 4.69) is 32.5 Å². The molecular formula is C22H23ClN4O2. The molecule has 1 saturated heterocycles. The maximum absolute atomic E-state index is 12.7. The second-order valence-corrected chi connectivity index (χ2v) is 7.34. The molecule has 3 aromatic rings. The summed E-state index contributed by atoms with van der Waals surface area (Å²) in [5, 5.41) is 10.7. The first-order valence-corrected chi connectivity index (χ1v) is 10.1. The van der Waals surface area contributed by atoms with E-state index in [1.165, 1.54) is 5.56 Å². The average Bonchev–Trinajstić information content (AvgIpc) is 3.26. The van der Waals surface area contributed by atoms with Gasteiger partial charge < -0.3 is 10.1 Å². The van der Waals surface area contributed by atoms with Crippen LogP contribution in [0.25, 0.3) is 11.3 Å². The topological polar surface area (TPSA) is 70.2 Å². The number of hydrogen-bond acceptors (Lipinski definition) is 4. The van der Waals surface area contributed by atoms with Crippen LogP contribution in [0.2, 0.25) is 5.02 Å². The van der Waals surface area contributed by atoms with Crippen LogP contribution in [-0.2, 0) is 4.74 Å². The second kappa shape index (κ2) is 9.22. The number of ether oxygens (including phenoxy) is 1. The molecule has 0 aliphatic carbocycles. The first-order valence-electron chi connectivity index (χ1n) is 9.67. The van der Waals surface area contributed by atoms with Crippen molar-refractivity contribution in [3.8, 4) is 11.3 Å². The van der Waals surface area contributed by atoms with Crippen molar-refractivity contribution in [2.24, 2.45) is 0 Å². The number of halogens is 1. The van der Waals surface area contributed by atoms with E-state index < -0.39 is 0 Å². The van der Waals surface area contributed by atoms with Crippen LogP contribution in [0.4, 0.5) is 0 Å². The van der Waals surface area contributed by atoms with Gasteiger partial charge in [0.25, 0.3) is 5.91 Å². The van der Waals surface area contributed by atoms with Crippen molar-refractivity contribution in [3.63, 3.8) is 0 Å². The molecule has 1 fully saturated rings. The largest absolute Gasteiger partial charge is 0.379 e. The first-order chi connectivity index (χ1) is 14.2. The lowest BCUT2D eigenvalue weighted by Gasteiger charge is -2.34. The normalized spacial score (nSPS) is 15.8. The lowest BCUT2D eigenvalue weighted by molar-refractivity contribution is 0.0162. The van der Waals surface area contributed by atoms with Crippen molar-refractivity contribution in [3.05, 3.63) is 76.9 Å². The molecule has 2 aromatic carbocycles. The van der Waals surface area contributed by atoms with Gasteiger partial charge in [-0.25, -0.2) is 0 Å². The Kier molecular flexibility index (Phi) is 6.24. The highest BCUT2D eigenvalue weighted by atomic mass is 35.5. The van der Waals surface area contributed by atoms with Gasteiger partial charge in [0.15, 0.2) is 0 Å². The summed E-state index contributed by atoms with van der Waals surface area (Å²) in [6, 6.07) is 19.5. The molecule has 7 heteroatoms. The summed E-state index contributed by atoms with van der Waals surface area (Å²) in [5.74, 6) is -0.190. The molecule has 0 spiro atoms. The Morgan fingerprint density at radius 3 is 2.62 bits per heavy atom. The third kappa shape index (κ3) is 4.67. The number of H-pyrrole nitrogens is 1. The zero-order chi connectivity index (χ0) is 20.1. The Labute approximate surface area is 174 Å². The van der Waals surface area contributed by atoms with Gasteiger partial charge in [-0.15, -0.1) is 0 Å². The predicted molar refractivity (Wildman–Crippen MR) is 113 cm³/mol. The Morgan fingerprint density at radius 1 is 1.14 bits per heavy atom. The number of amides is 1. The van der Waals surface area contributed by atoms with Crippen LogP contribution >= 0.6 is 11.6 Å². The van der Waals surface area contributed by atoms with Crippen molar-refractivity contribution in [2.75, 3.05) is 32.8 Å². The van der Waals surface area contributed by atoms with E-state index in [4.69, 9.17) is 16.3 Å². The van der Waals surface area contributed by atoms with Gasteiger partial charge in [0.2, 0.25) is 0 Å². The molecule has 2 heterocycles. The molecule has 0 saturated carbocycles. The molecule has 0 radical (unpaired) electrons. The fourth-order valence-corrected chi connectivity index (χ4v) is 3.78. The Morgan fingerprint density at radius 2 is 1.86 bits per heavy atom. The van der Waals surface area contributed by atoms with E-state index in [0.717, 1.165) is 18.7 Å². The number of aromatic amines is 1. The Hall–Kier alpha value is -2.67. The average molecular weight is 411 g/mol. The highest BCUT2D eigenvalue weighted by molar-refractivity contribution is 6.33. The second-order valence-electron chi connectivity index (χ2n) is 6.93. The van der Waals surface area contributed by atoms with Gasteiger partial charge >= 0.3 is 0 Å². The van der Waals surface area contributed by atoms with Gasteiger partial charge in [-0.05, 0) is 17.7 Å². The Balaban J connectivity index is 1.46. The minimum atomic E-state index is -0.190. The maximum Gasteiger partial charge on any atom is 0.269 e. The van der Waals surface area contributed by atoms with Crippen LogP contribution in [0.5, 0.6) is 0 Å². The molecule has 2 N–H and O–H groups in total. The molecule has 1 aliphatic rings. The van der Waals surface area contributed by atoms with Gasteiger partial charge in [0.05, 0.1) is 30.0 Å². The smallest absolute Gasteiger partial charge is 0.269 e. The van der Waals surface area contributed by atoms with E-state index in [-0.39, 0.29) is 11.9 Å². The van der Waals surface area contributed by atoms with Crippen molar-refractivity contribution in [1.29, 1.82) is 0 Å². The number of hydrogen-bond donors (Lipinski definition) is 2. The SMILES string of the molecule is O=C(NCC(c1ccccc1)N1CCOCC1)c1cc(-c2ccccc2Cl)n[nH]1. The molecule has 0 bridgehead atoms. The predicted octanol–water partition coefficient (Wildman–Crippen LogP) is 3.53. The first kappa shape index (κ1) is 19.6. The third-order valence-electron chi connectivity index (χ3n) is 5.10. The highest BCUT2D eigenvalue weighted by Gasteiger charge is 2.23. The lowest BCUT2D eigenvalue weighted by atomic mass is 10.0. The number of benzene rings is 2. The highest BCUT2D eigenvalue weighted by Crippen LogP contribution is 2.26. The maximum atomic E-state index is 12.7. The van der Waals surface area contributed by atoms with Crippen molar-refractivity contribution in [1.82, 2.24) is 20.4 Å². The van der Waals surface area contributed by atoms with E-state index in [1.807, 2.05) is 36.4 Å². The summed E-state index contributed by atoms with van der Waals surface area (Å²) in [6.45, 7) is 3.60. The summed E-state index contributed by atoms with van der Waals surface area (Å²) >= 11 is 6.23. The van der Waals surface area contributed by atoms with Gasteiger partial charge in [-0.2, -0.15) is 5.10 Å². The number of carbonyl (C=O) groups excluding carboxylic acids is 1. The molecule has 1 atom stereocenters. The van der Waals surface area contributed by atoms with Crippen molar-refractivity contribution >= 4 is 17.5 Å². The molecule has 1 aromatic heterocycles. The number of rotatable bonds is 6. The molecule has 1 aliphatic heterocycles. The number of carbonyl (C=O) groups is 1. The van der Waals surface area contributed by atoms with E-state index in [9.17, 15) is 4.79 Å². The molecule has 6 nitrogen and oxygen atoms in total. The molecule has 1 amide bonds.